The Bertz CT molecular complexity index is 1170. The minimum absolute atomic E-state index is 0.644. The summed E-state index contributed by atoms with van der Waals surface area (Å²) in [5.74, 6) is 2.20. The second kappa shape index (κ2) is 7.78. The summed E-state index contributed by atoms with van der Waals surface area (Å²) in [7, 11) is 0. The van der Waals surface area contributed by atoms with Crippen LogP contribution < -0.4 is 10.2 Å². The van der Waals surface area contributed by atoms with E-state index in [0.717, 1.165) is 47.3 Å². The van der Waals surface area contributed by atoms with Gasteiger partial charge in [0.1, 0.15) is 5.82 Å². The molecule has 1 fully saturated rings. The van der Waals surface area contributed by atoms with Crippen molar-refractivity contribution in [2.45, 2.75) is 26.7 Å². The molecule has 152 valence electrons. The zero-order valence-electron chi connectivity index (χ0n) is 17.4. The molecular formula is C24H26N6. The lowest BCUT2D eigenvalue weighted by Gasteiger charge is -2.31. The van der Waals surface area contributed by atoms with Crippen LogP contribution in [0.2, 0.25) is 0 Å². The van der Waals surface area contributed by atoms with Gasteiger partial charge in [0, 0.05) is 18.8 Å². The van der Waals surface area contributed by atoms with E-state index in [0.29, 0.717) is 5.92 Å². The molecule has 5 rings (SSSR count). The summed E-state index contributed by atoms with van der Waals surface area (Å²) in [5.41, 5.74) is 4.03. The van der Waals surface area contributed by atoms with Crippen molar-refractivity contribution >= 4 is 28.5 Å². The molecule has 1 atom stereocenters. The highest BCUT2D eigenvalue weighted by Gasteiger charge is 2.22. The van der Waals surface area contributed by atoms with Gasteiger partial charge in [-0.1, -0.05) is 37.3 Å². The molecular weight excluding hydrogens is 372 g/mol. The third-order valence-electron chi connectivity index (χ3n) is 5.64. The number of para-hydroxylation sites is 1. The second-order valence-corrected chi connectivity index (χ2v) is 8.19. The molecule has 0 unspecified atom stereocenters. The van der Waals surface area contributed by atoms with Crippen molar-refractivity contribution in [2.24, 2.45) is 5.92 Å². The highest BCUT2D eigenvalue weighted by atomic mass is 15.3. The van der Waals surface area contributed by atoms with Crippen LogP contribution in [0.4, 0.5) is 17.5 Å². The quantitative estimate of drug-likeness (QED) is 0.518. The van der Waals surface area contributed by atoms with Gasteiger partial charge in [-0.05, 0) is 55.5 Å². The minimum Gasteiger partial charge on any atom is -0.340 e. The molecule has 6 heteroatoms. The largest absolute Gasteiger partial charge is 0.340 e. The van der Waals surface area contributed by atoms with Gasteiger partial charge in [-0.3, -0.25) is 0 Å². The average Bonchev–Trinajstić information content (AvgIpc) is 3.19. The Kier molecular flexibility index (Phi) is 4.83. The number of anilines is 3. The maximum Gasteiger partial charge on any atom is 0.229 e. The first kappa shape index (κ1) is 18.6. The maximum absolute atomic E-state index is 4.96. The molecule has 3 heterocycles. The first-order valence-electron chi connectivity index (χ1n) is 10.6. The van der Waals surface area contributed by atoms with Crippen LogP contribution >= 0.6 is 0 Å². The van der Waals surface area contributed by atoms with Gasteiger partial charge in [-0.15, -0.1) is 0 Å². The van der Waals surface area contributed by atoms with E-state index < -0.39 is 0 Å². The van der Waals surface area contributed by atoms with Gasteiger partial charge in [0.15, 0.2) is 5.65 Å². The SMILES string of the molecule is Cc1cccc(Nc2nc(N3CCC[C@@H](C)C3)nc3c2cnn3-c2ccccc2)c1. The van der Waals surface area contributed by atoms with Crippen molar-refractivity contribution < 1.29 is 0 Å². The summed E-state index contributed by atoms with van der Waals surface area (Å²) < 4.78 is 1.90. The Labute approximate surface area is 176 Å². The number of benzene rings is 2. The van der Waals surface area contributed by atoms with Crippen molar-refractivity contribution in [1.29, 1.82) is 0 Å². The number of piperidine rings is 1. The average molecular weight is 399 g/mol. The number of rotatable bonds is 4. The molecule has 0 spiro atoms. The molecule has 0 amide bonds. The summed E-state index contributed by atoms with van der Waals surface area (Å²) in [5, 5.41) is 9.07. The van der Waals surface area contributed by atoms with E-state index in [-0.39, 0.29) is 0 Å². The molecule has 4 aromatic rings. The molecule has 2 aromatic carbocycles. The molecule has 0 bridgehead atoms. The number of aryl methyl sites for hydroxylation is 1. The number of nitrogens with zero attached hydrogens (tertiary/aromatic N) is 5. The normalized spacial score (nSPS) is 16.7. The lowest BCUT2D eigenvalue weighted by Crippen LogP contribution is -2.35. The topological polar surface area (TPSA) is 58.9 Å². The van der Waals surface area contributed by atoms with Crippen molar-refractivity contribution in [3.8, 4) is 5.69 Å². The van der Waals surface area contributed by atoms with Gasteiger partial charge in [0.25, 0.3) is 0 Å². The smallest absolute Gasteiger partial charge is 0.229 e. The third kappa shape index (κ3) is 3.61. The van der Waals surface area contributed by atoms with Crippen LogP contribution in [-0.2, 0) is 0 Å². The zero-order valence-corrected chi connectivity index (χ0v) is 17.4. The highest BCUT2D eigenvalue weighted by molar-refractivity contribution is 5.90. The van der Waals surface area contributed by atoms with E-state index in [1.807, 2.05) is 41.2 Å². The van der Waals surface area contributed by atoms with Gasteiger partial charge >= 0.3 is 0 Å². The number of aromatic nitrogens is 4. The predicted molar refractivity (Wildman–Crippen MR) is 122 cm³/mol. The second-order valence-electron chi connectivity index (χ2n) is 8.19. The zero-order chi connectivity index (χ0) is 20.5. The number of hydrogen-bond donors (Lipinski definition) is 1. The van der Waals surface area contributed by atoms with Gasteiger partial charge in [0.2, 0.25) is 5.95 Å². The Morgan fingerprint density at radius 2 is 1.90 bits per heavy atom. The third-order valence-corrected chi connectivity index (χ3v) is 5.64. The van der Waals surface area contributed by atoms with E-state index in [1.54, 1.807) is 0 Å². The number of nitrogens with one attached hydrogen (secondary N) is 1. The van der Waals surface area contributed by atoms with Crippen molar-refractivity contribution in [1.82, 2.24) is 19.7 Å². The molecule has 2 aromatic heterocycles. The van der Waals surface area contributed by atoms with Gasteiger partial charge in [0.05, 0.1) is 17.3 Å². The summed E-state index contributed by atoms with van der Waals surface area (Å²) in [6.07, 6.45) is 4.28. The predicted octanol–water partition coefficient (Wildman–Crippen LogP) is 5.10. The molecule has 30 heavy (non-hydrogen) atoms. The van der Waals surface area contributed by atoms with E-state index in [1.165, 1.54) is 18.4 Å². The Hall–Kier alpha value is -3.41. The molecule has 1 saturated heterocycles. The summed E-state index contributed by atoms with van der Waals surface area (Å²) >= 11 is 0. The minimum atomic E-state index is 0.644. The first-order chi connectivity index (χ1) is 14.7. The van der Waals surface area contributed by atoms with Gasteiger partial charge < -0.3 is 10.2 Å². The molecule has 1 aliphatic heterocycles. The standard InChI is InChI=1S/C24H26N6/c1-17-8-6-10-19(14-17)26-22-21-15-25-30(20-11-4-3-5-12-20)23(21)28-24(27-22)29-13-7-9-18(2)16-29/h3-6,8,10-12,14-15,18H,7,9,13,16H2,1-2H3,(H,26,27,28)/t18-/m1/s1. The number of fused-ring (bicyclic) bond motifs is 1. The molecule has 6 nitrogen and oxygen atoms in total. The fourth-order valence-electron chi connectivity index (χ4n) is 4.12. The van der Waals surface area contributed by atoms with Gasteiger partial charge in [-0.25, -0.2) is 4.68 Å². The molecule has 0 saturated carbocycles. The highest BCUT2D eigenvalue weighted by Crippen LogP contribution is 2.29. The van der Waals surface area contributed by atoms with Crippen molar-refractivity contribution in [3.63, 3.8) is 0 Å². The van der Waals surface area contributed by atoms with Gasteiger partial charge in [-0.2, -0.15) is 15.1 Å². The van der Waals surface area contributed by atoms with E-state index in [9.17, 15) is 0 Å². The van der Waals surface area contributed by atoms with Crippen molar-refractivity contribution in [3.05, 3.63) is 66.4 Å². The maximum atomic E-state index is 4.96. The van der Waals surface area contributed by atoms with Crippen molar-refractivity contribution in [2.75, 3.05) is 23.3 Å². The summed E-state index contributed by atoms with van der Waals surface area (Å²) in [6.45, 7) is 6.35. The number of hydrogen-bond acceptors (Lipinski definition) is 5. The molecule has 0 radical (unpaired) electrons. The fraction of sp³-hybridized carbons (Fsp3) is 0.292. The molecule has 1 aliphatic rings. The van der Waals surface area contributed by atoms with Crippen LogP contribution in [0.25, 0.3) is 16.7 Å². The van der Waals surface area contributed by atoms with Crippen LogP contribution in [0.5, 0.6) is 0 Å². The van der Waals surface area contributed by atoms with Crippen LogP contribution in [-0.4, -0.2) is 32.8 Å². The Morgan fingerprint density at radius 1 is 1.03 bits per heavy atom. The lowest BCUT2D eigenvalue weighted by molar-refractivity contribution is 0.442. The first-order valence-corrected chi connectivity index (χ1v) is 10.6. The van der Waals surface area contributed by atoms with E-state index >= 15 is 0 Å². The fourth-order valence-corrected chi connectivity index (χ4v) is 4.12. The summed E-state index contributed by atoms with van der Waals surface area (Å²) in [6, 6.07) is 18.5. The van der Waals surface area contributed by atoms with Crippen LogP contribution in [0.3, 0.4) is 0 Å². The Balaban J connectivity index is 1.64. The molecule has 1 N–H and O–H groups in total. The van der Waals surface area contributed by atoms with Crippen LogP contribution in [0.15, 0.2) is 60.8 Å². The monoisotopic (exact) mass is 398 g/mol. The van der Waals surface area contributed by atoms with E-state index in [4.69, 9.17) is 9.97 Å². The lowest BCUT2D eigenvalue weighted by atomic mass is 10.0. The molecule has 0 aliphatic carbocycles. The van der Waals surface area contributed by atoms with Crippen LogP contribution in [0.1, 0.15) is 25.3 Å². The Morgan fingerprint density at radius 3 is 2.70 bits per heavy atom. The van der Waals surface area contributed by atoms with E-state index in [2.05, 4.69) is 53.4 Å². The van der Waals surface area contributed by atoms with Crippen LogP contribution in [0, 0.1) is 12.8 Å². The summed E-state index contributed by atoms with van der Waals surface area (Å²) in [4.78, 5) is 12.2.